The monoisotopic (exact) mass is 379 g/mol. The summed E-state index contributed by atoms with van der Waals surface area (Å²) in [4.78, 5) is 12.5. The quantitative estimate of drug-likeness (QED) is 0.675. The number of likely N-dealkylation sites (tertiary alicyclic amines) is 1. The van der Waals surface area contributed by atoms with E-state index in [0.717, 1.165) is 52.8 Å². The summed E-state index contributed by atoms with van der Waals surface area (Å²) in [6.07, 6.45) is 6.15. The van der Waals surface area contributed by atoms with E-state index >= 15 is 0 Å². The number of fused-ring (bicyclic) bond motifs is 1. The molecule has 1 aliphatic rings. The molecule has 5 nitrogen and oxygen atoms in total. The van der Waals surface area contributed by atoms with E-state index in [-0.39, 0.29) is 0 Å². The van der Waals surface area contributed by atoms with Crippen molar-refractivity contribution in [2.45, 2.75) is 12.8 Å². The summed E-state index contributed by atoms with van der Waals surface area (Å²) < 4.78 is 0. The molecule has 0 atom stereocenters. The van der Waals surface area contributed by atoms with Crippen molar-refractivity contribution < 1.29 is 0 Å². The van der Waals surface area contributed by atoms with E-state index in [1.807, 2.05) is 19.4 Å². The van der Waals surface area contributed by atoms with Crippen LogP contribution in [0.15, 0.2) is 48.9 Å². The van der Waals surface area contributed by atoms with Gasteiger partial charge in [-0.05, 0) is 56.1 Å². The number of piperidine rings is 1. The number of nitrogens with zero attached hydrogens (tertiary/aromatic N) is 3. The summed E-state index contributed by atoms with van der Waals surface area (Å²) in [5.41, 5.74) is 2.25. The molecule has 140 valence electrons. The van der Waals surface area contributed by atoms with Gasteiger partial charge in [0.15, 0.2) is 5.13 Å². The molecule has 4 rings (SSSR count). The second kappa shape index (κ2) is 7.66. The number of pyridine rings is 1. The Labute approximate surface area is 164 Å². The number of allylic oxidation sites excluding steroid dienone is 1. The molecule has 2 aromatic heterocycles. The van der Waals surface area contributed by atoms with E-state index in [0.29, 0.717) is 5.92 Å². The molecule has 6 heteroatoms. The molecule has 27 heavy (non-hydrogen) atoms. The van der Waals surface area contributed by atoms with Crippen molar-refractivity contribution in [2.24, 2.45) is 5.92 Å². The van der Waals surface area contributed by atoms with Crippen molar-refractivity contribution >= 4 is 33.1 Å². The molecule has 1 aromatic carbocycles. The van der Waals surface area contributed by atoms with Crippen LogP contribution in [0.1, 0.15) is 12.8 Å². The van der Waals surface area contributed by atoms with Gasteiger partial charge in [0.2, 0.25) is 0 Å². The summed E-state index contributed by atoms with van der Waals surface area (Å²) in [6.45, 7) is 6.53. The Balaban J connectivity index is 1.54. The fourth-order valence-corrected chi connectivity index (χ4v) is 4.28. The molecular weight excluding hydrogens is 354 g/mol. The van der Waals surface area contributed by atoms with Crippen molar-refractivity contribution in [2.75, 3.05) is 37.8 Å². The first-order chi connectivity index (χ1) is 13.1. The Hall–Kier alpha value is -2.44. The van der Waals surface area contributed by atoms with Crippen molar-refractivity contribution in [3.8, 4) is 10.4 Å². The van der Waals surface area contributed by atoms with E-state index in [1.54, 1.807) is 11.3 Å². The first-order valence-corrected chi connectivity index (χ1v) is 10.1. The lowest BCUT2D eigenvalue weighted by Gasteiger charge is -2.30. The van der Waals surface area contributed by atoms with E-state index in [1.165, 1.54) is 10.9 Å². The van der Waals surface area contributed by atoms with Crippen LogP contribution in [0.3, 0.4) is 0 Å². The molecule has 1 fully saturated rings. The third-order valence-electron chi connectivity index (χ3n) is 5.23. The van der Waals surface area contributed by atoms with Gasteiger partial charge in [0.05, 0.1) is 4.88 Å². The van der Waals surface area contributed by atoms with Crippen LogP contribution in [0, 0.1) is 5.92 Å². The van der Waals surface area contributed by atoms with Gasteiger partial charge in [-0.25, -0.2) is 9.97 Å². The maximum atomic E-state index is 4.57. The average Bonchev–Trinajstić information content (AvgIpc) is 3.17. The smallest absolute Gasteiger partial charge is 0.182 e. The Bertz CT molecular complexity index is 956. The molecule has 0 radical (unpaired) electrons. The highest BCUT2D eigenvalue weighted by Gasteiger charge is 2.19. The van der Waals surface area contributed by atoms with Crippen molar-refractivity contribution in [3.63, 3.8) is 0 Å². The molecular formula is C21H25N5S. The average molecular weight is 380 g/mol. The summed E-state index contributed by atoms with van der Waals surface area (Å²) >= 11 is 1.66. The SMILES string of the molecule is C=C(Nc1cc2cc(-c3cnc(NC)s3)ccc2cn1)C1CCN(C)CC1. The van der Waals surface area contributed by atoms with Gasteiger partial charge in [-0.2, -0.15) is 0 Å². The minimum atomic E-state index is 0.516. The predicted octanol–water partition coefficient (Wildman–Crippen LogP) is 4.67. The van der Waals surface area contributed by atoms with Crippen molar-refractivity contribution in [3.05, 3.63) is 48.9 Å². The van der Waals surface area contributed by atoms with E-state index in [4.69, 9.17) is 0 Å². The number of rotatable bonds is 5. The maximum absolute atomic E-state index is 4.57. The number of benzene rings is 1. The van der Waals surface area contributed by atoms with Gasteiger partial charge in [0.25, 0.3) is 0 Å². The van der Waals surface area contributed by atoms with Gasteiger partial charge < -0.3 is 15.5 Å². The number of thiazole rings is 1. The van der Waals surface area contributed by atoms with Crippen LogP contribution in [0.25, 0.3) is 21.2 Å². The highest BCUT2D eigenvalue weighted by atomic mass is 32.1. The molecule has 1 saturated heterocycles. The zero-order valence-electron chi connectivity index (χ0n) is 15.8. The number of nitrogens with one attached hydrogen (secondary N) is 2. The predicted molar refractivity (Wildman–Crippen MR) is 115 cm³/mol. The first kappa shape index (κ1) is 17.9. The summed E-state index contributed by atoms with van der Waals surface area (Å²) in [7, 11) is 4.07. The van der Waals surface area contributed by atoms with Gasteiger partial charge in [0.1, 0.15) is 5.82 Å². The molecule has 0 aliphatic carbocycles. The van der Waals surface area contributed by atoms with Crippen LogP contribution < -0.4 is 10.6 Å². The van der Waals surface area contributed by atoms with Crippen LogP contribution in [0.2, 0.25) is 0 Å². The second-order valence-corrected chi connectivity index (χ2v) is 8.17. The molecule has 1 aliphatic heterocycles. The summed E-state index contributed by atoms with van der Waals surface area (Å²) in [5.74, 6) is 1.38. The molecule has 3 aromatic rings. The molecule has 0 unspecified atom stereocenters. The first-order valence-electron chi connectivity index (χ1n) is 9.30. The van der Waals surface area contributed by atoms with Crippen molar-refractivity contribution in [1.82, 2.24) is 14.9 Å². The number of hydrogen-bond donors (Lipinski definition) is 2. The lowest BCUT2D eigenvalue weighted by Crippen LogP contribution is -2.31. The molecule has 0 bridgehead atoms. The van der Waals surface area contributed by atoms with E-state index in [9.17, 15) is 0 Å². The standard InChI is InChI=1S/C21H25N5S/c1-14(15-6-8-26(3)9-7-15)25-20-11-18-10-16(4-5-17(18)12-23-20)19-13-24-21(22-2)27-19/h4-5,10-13,15H,1,6-9H2,2-3H3,(H,22,24)(H,23,25). The fourth-order valence-electron chi connectivity index (χ4n) is 3.51. The second-order valence-electron chi connectivity index (χ2n) is 7.14. The molecule has 0 amide bonds. The van der Waals surface area contributed by atoms with E-state index in [2.05, 4.69) is 63.4 Å². The van der Waals surface area contributed by atoms with Gasteiger partial charge in [0, 0.05) is 36.4 Å². The van der Waals surface area contributed by atoms with Crippen LogP contribution >= 0.6 is 11.3 Å². The van der Waals surface area contributed by atoms with Crippen LogP contribution in [-0.4, -0.2) is 42.1 Å². The third-order valence-corrected chi connectivity index (χ3v) is 6.29. The minimum absolute atomic E-state index is 0.516. The van der Waals surface area contributed by atoms with Gasteiger partial charge >= 0.3 is 0 Å². The molecule has 0 spiro atoms. The Morgan fingerprint density at radius 2 is 1.96 bits per heavy atom. The maximum Gasteiger partial charge on any atom is 0.182 e. The van der Waals surface area contributed by atoms with E-state index < -0.39 is 0 Å². The van der Waals surface area contributed by atoms with Crippen molar-refractivity contribution in [1.29, 1.82) is 0 Å². The highest BCUT2D eigenvalue weighted by molar-refractivity contribution is 7.18. The summed E-state index contributed by atoms with van der Waals surface area (Å²) in [5, 5.41) is 9.77. The molecule has 0 saturated carbocycles. The zero-order valence-corrected chi connectivity index (χ0v) is 16.6. The largest absolute Gasteiger partial charge is 0.365 e. The Morgan fingerprint density at radius 1 is 1.15 bits per heavy atom. The lowest BCUT2D eigenvalue weighted by molar-refractivity contribution is 0.239. The number of anilines is 2. The highest BCUT2D eigenvalue weighted by Crippen LogP contribution is 2.31. The minimum Gasteiger partial charge on any atom is -0.365 e. The molecule has 3 heterocycles. The van der Waals surface area contributed by atoms with Gasteiger partial charge in [-0.15, -0.1) is 0 Å². The zero-order chi connectivity index (χ0) is 18.8. The normalized spacial score (nSPS) is 15.8. The number of aromatic nitrogens is 2. The Morgan fingerprint density at radius 3 is 2.70 bits per heavy atom. The summed E-state index contributed by atoms with van der Waals surface area (Å²) in [6, 6.07) is 8.56. The third kappa shape index (κ3) is 3.96. The molecule has 2 N–H and O–H groups in total. The van der Waals surface area contributed by atoms with Gasteiger partial charge in [-0.3, -0.25) is 0 Å². The fraction of sp³-hybridized carbons (Fsp3) is 0.333. The number of hydrogen-bond acceptors (Lipinski definition) is 6. The van der Waals surface area contributed by atoms with Gasteiger partial charge in [-0.1, -0.05) is 30.0 Å². The van der Waals surface area contributed by atoms with Crippen LogP contribution in [-0.2, 0) is 0 Å². The topological polar surface area (TPSA) is 53.1 Å². The lowest BCUT2D eigenvalue weighted by atomic mass is 9.94. The van der Waals surface area contributed by atoms with Crippen LogP contribution in [0.4, 0.5) is 10.9 Å². The van der Waals surface area contributed by atoms with Crippen LogP contribution in [0.5, 0.6) is 0 Å². The Kier molecular flexibility index (Phi) is 5.09.